The van der Waals surface area contributed by atoms with E-state index in [4.69, 9.17) is 0 Å². The highest BCUT2D eigenvalue weighted by atomic mass is 32.2. The molecular weight excluding hydrogens is 462 g/mol. The van der Waals surface area contributed by atoms with E-state index in [-0.39, 0.29) is 29.7 Å². The van der Waals surface area contributed by atoms with Gasteiger partial charge in [-0.2, -0.15) is 0 Å². The molecule has 0 aliphatic rings. The first kappa shape index (κ1) is 28.5. The van der Waals surface area contributed by atoms with Crippen molar-refractivity contribution in [3.8, 4) is 0 Å². The fraction of sp³-hybridized carbons (Fsp3) is 0.481. The van der Waals surface area contributed by atoms with Crippen molar-refractivity contribution < 1.29 is 18.0 Å². The summed E-state index contributed by atoms with van der Waals surface area (Å²) in [5, 5.41) is 2.96. The third-order valence-corrected chi connectivity index (χ3v) is 7.69. The predicted octanol–water partition coefficient (Wildman–Crippen LogP) is 3.98. The van der Waals surface area contributed by atoms with Crippen molar-refractivity contribution in [1.29, 1.82) is 0 Å². The first-order valence-corrected chi connectivity index (χ1v) is 13.6. The molecule has 1 unspecified atom stereocenters. The molecule has 7 nitrogen and oxygen atoms in total. The molecule has 8 heteroatoms. The monoisotopic (exact) mass is 501 g/mol. The Morgan fingerprint density at radius 2 is 1.71 bits per heavy atom. The van der Waals surface area contributed by atoms with Crippen LogP contribution in [0.3, 0.4) is 0 Å². The van der Waals surface area contributed by atoms with Crippen LogP contribution in [0.2, 0.25) is 0 Å². The molecule has 1 atom stereocenters. The highest BCUT2D eigenvalue weighted by molar-refractivity contribution is 7.89. The van der Waals surface area contributed by atoms with Crippen molar-refractivity contribution in [1.82, 2.24) is 14.5 Å². The molecule has 1 N–H and O–H groups in total. The van der Waals surface area contributed by atoms with Crippen molar-refractivity contribution >= 4 is 21.8 Å². The summed E-state index contributed by atoms with van der Waals surface area (Å²) in [7, 11) is -2.10. The number of hydrogen-bond donors (Lipinski definition) is 1. The van der Waals surface area contributed by atoms with Gasteiger partial charge < -0.3 is 10.2 Å². The fourth-order valence-electron chi connectivity index (χ4n) is 3.84. The molecule has 0 spiro atoms. The maximum Gasteiger partial charge on any atom is 0.242 e. The fourth-order valence-corrected chi connectivity index (χ4v) is 5.07. The number of benzene rings is 2. The van der Waals surface area contributed by atoms with Crippen molar-refractivity contribution in [2.45, 2.75) is 64.4 Å². The summed E-state index contributed by atoms with van der Waals surface area (Å²) >= 11 is 0. The number of hydrogen-bond acceptors (Lipinski definition) is 4. The largest absolute Gasteiger partial charge is 0.354 e. The third-order valence-electron chi connectivity index (χ3n) is 5.82. The van der Waals surface area contributed by atoms with Gasteiger partial charge in [0.25, 0.3) is 0 Å². The van der Waals surface area contributed by atoms with Crippen LogP contribution >= 0.6 is 0 Å². The van der Waals surface area contributed by atoms with Gasteiger partial charge in [0, 0.05) is 33.1 Å². The molecule has 2 aromatic rings. The van der Waals surface area contributed by atoms with Crippen LogP contribution in [0.4, 0.5) is 0 Å². The summed E-state index contributed by atoms with van der Waals surface area (Å²) in [6.07, 6.45) is 0.994. The van der Waals surface area contributed by atoms with Gasteiger partial charge in [0.1, 0.15) is 6.04 Å². The Balaban J connectivity index is 2.12. The Kier molecular flexibility index (Phi) is 10.9. The van der Waals surface area contributed by atoms with E-state index in [0.717, 1.165) is 11.1 Å². The van der Waals surface area contributed by atoms with Crippen LogP contribution < -0.4 is 5.32 Å². The van der Waals surface area contributed by atoms with E-state index in [1.165, 1.54) is 11.4 Å². The normalized spacial score (nSPS) is 12.5. The molecular formula is C27H39N3O4S. The molecule has 0 saturated heterocycles. The van der Waals surface area contributed by atoms with Crippen LogP contribution in [-0.4, -0.2) is 55.6 Å². The smallest absolute Gasteiger partial charge is 0.242 e. The van der Waals surface area contributed by atoms with E-state index < -0.39 is 16.1 Å². The summed E-state index contributed by atoms with van der Waals surface area (Å²) in [6, 6.07) is 15.6. The second kappa shape index (κ2) is 13.4. The zero-order valence-corrected chi connectivity index (χ0v) is 22.3. The Morgan fingerprint density at radius 3 is 2.31 bits per heavy atom. The topological polar surface area (TPSA) is 86.8 Å². The van der Waals surface area contributed by atoms with Crippen LogP contribution in [0.5, 0.6) is 0 Å². The van der Waals surface area contributed by atoms with Crippen molar-refractivity contribution in [3.63, 3.8) is 0 Å². The lowest BCUT2D eigenvalue weighted by Crippen LogP contribution is -2.49. The first-order valence-electron chi connectivity index (χ1n) is 12.2. The highest BCUT2D eigenvalue weighted by Crippen LogP contribution is 2.17. The summed E-state index contributed by atoms with van der Waals surface area (Å²) in [4.78, 5) is 28.2. The van der Waals surface area contributed by atoms with Crippen LogP contribution in [0.15, 0.2) is 59.5 Å². The van der Waals surface area contributed by atoms with Gasteiger partial charge in [-0.05, 0) is 43.4 Å². The van der Waals surface area contributed by atoms with Gasteiger partial charge >= 0.3 is 0 Å². The Bertz CT molecular complexity index is 1070. The van der Waals surface area contributed by atoms with Crippen LogP contribution in [0, 0.1) is 12.8 Å². The first-order chi connectivity index (χ1) is 16.6. The van der Waals surface area contributed by atoms with Gasteiger partial charge in [-0.3, -0.25) is 9.59 Å². The number of amides is 2. The number of carbonyl (C=O) groups is 2. The zero-order chi connectivity index (χ0) is 26.0. The molecule has 0 radical (unpaired) electrons. The lowest BCUT2D eigenvalue weighted by atomic mass is 10.1. The average Bonchev–Trinajstić information content (AvgIpc) is 2.83. The SMILES string of the molecule is CCC(C(=O)NCC(C)C)N(Cc1cccc(C)c1)C(=O)CCCN(C)S(=O)(=O)c1ccccc1. The lowest BCUT2D eigenvalue weighted by Gasteiger charge is -2.31. The van der Waals surface area contributed by atoms with Gasteiger partial charge in [0.05, 0.1) is 4.90 Å². The van der Waals surface area contributed by atoms with Crippen LogP contribution in [0.25, 0.3) is 0 Å². The van der Waals surface area contributed by atoms with Crippen LogP contribution in [0.1, 0.15) is 51.2 Å². The Hall–Kier alpha value is -2.71. The van der Waals surface area contributed by atoms with Crippen molar-refractivity contribution in [2.75, 3.05) is 20.1 Å². The maximum absolute atomic E-state index is 13.4. The zero-order valence-electron chi connectivity index (χ0n) is 21.5. The standard InChI is InChI=1S/C27H39N3O4S/c1-6-25(27(32)28-19-21(2)3)30(20-23-13-10-12-22(4)18-23)26(31)16-11-17-29(5)35(33,34)24-14-8-7-9-15-24/h7-10,12-15,18,21,25H,6,11,16-17,19-20H2,1-5H3,(H,28,32). The van der Waals surface area contributed by atoms with Crippen molar-refractivity contribution in [2.24, 2.45) is 5.92 Å². The van der Waals surface area contributed by atoms with Gasteiger partial charge in [0.15, 0.2) is 0 Å². The molecule has 2 amide bonds. The molecule has 192 valence electrons. The lowest BCUT2D eigenvalue weighted by molar-refractivity contribution is -0.141. The minimum atomic E-state index is -3.62. The molecule has 0 aromatic heterocycles. The predicted molar refractivity (Wildman–Crippen MR) is 139 cm³/mol. The Morgan fingerprint density at radius 1 is 1.03 bits per heavy atom. The van der Waals surface area contributed by atoms with Crippen molar-refractivity contribution in [3.05, 3.63) is 65.7 Å². The molecule has 0 bridgehead atoms. The minimum absolute atomic E-state index is 0.147. The van der Waals surface area contributed by atoms with E-state index >= 15 is 0 Å². The third kappa shape index (κ3) is 8.47. The summed E-state index contributed by atoms with van der Waals surface area (Å²) < 4.78 is 26.8. The molecule has 2 rings (SSSR count). The number of sulfonamides is 1. The van der Waals surface area contributed by atoms with Crippen LogP contribution in [-0.2, 0) is 26.2 Å². The average molecular weight is 502 g/mol. The van der Waals surface area contributed by atoms with E-state index in [1.807, 2.05) is 52.0 Å². The van der Waals surface area contributed by atoms with E-state index in [2.05, 4.69) is 5.32 Å². The highest BCUT2D eigenvalue weighted by Gasteiger charge is 2.29. The molecule has 0 heterocycles. The van der Waals surface area contributed by atoms with Gasteiger partial charge in [-0.25, -0.2) is 12.7 Å². The van der Waals surface area contributed by atoms with Gasteiger partial charge in [0.2, 0.25) is 21.8 Å². The van der Waals surface area contributed by atoms with E-state index in [0.29, 0.717) is 31.8 Å². The van der Waals surface area contributed by atoms with Gasteiger partial charge in [-0.15, -0.1) is 0 Å². The number of carbonyl (C=O) groups excluding carboxylic acids is 2. The second-order valence-electron chi connectivity index (χ2n) is 9.32. The molecule has 35 heavy (non-hydrogen) atoms. The summed E-state index contributed by atoms with van der Waals surface area (Å²) in [5.41, 5.74) is 2.04. The quantitative estimate of drug-likeness (QED) is 0.450. The number of rotatable bonds is 13. The summed E-state index contributed by atoms with van der Waals surface area (Å²) in [5.74, 6) is -0.0194. The minimum Gasteiger partial charge on any atom is -0.354 e. The van der Waals surface area contributed by atoms with E-state index in [1.54, 1.807) is 35.2 Å². The van der Waals surface area contributed by atoms with Gasteiger partial charge in [-0.1, -0.05) is 68.8 Å². The molecule has 0 fully saturated rings. The summed E-state index contributed by atoms with van der Waals surface area (Å²) in [6.45, 7) is 9.02. The molecule has 0 aliphatic carbocycles. The Labute approximate surface area is 210 Å². The molecule has 0 aliphatic heterocycles. The second-order valence-corrected chi connectivity index (χ2v) is 11.4. The maximum atomic E-state index is 13.4. The number of nitrogens with one attached hydrogen (secondary N) is 1. The molecule has 2 aromatic carbocycles. The number of nitrogens with zero attached hydrogens (tertiary/aromatic N) is 2. The number of aryl methyl sites for hydroxylation is 1. The van der Waals surface area contributed by atoms with E-state index in [9.17, 15) is 18.0 Å². The molecule has 0 saturated carbocycles.